The second-order valence-electron chi connectivity index (χ2n) is 5.91. The summed E-state index contributed by atoms with van der Waals surface area (Å²) in [5.41, 5.74) is 0. The van der Waals surface area contributed by atoms with E-state index < -0.39 is 0 Å². The molecule has 3 heteroatoms. The molecule has 0 fully saturated rings. The molecule has 0 atom stereocenters. The van der Waals surface area contributed by atoms with E-state index in [4.69, 9.17) is 14.2 Å². The van der Waals surface area contributed by atoms with Gasteiger partial charge in [0, 0.05) is 13.2 Å². The van der Waals surface area contributed by atoms with Gasteiger partial charge in [-0.15, -0.1) is 0 Å². The van der Waals surface area contributed by atoms with Crippen molar-refractivity contribution in [1.82, 2.24) is 0 Å². The van der Waals surface area contributed by atoms with Gasteiger partial charge in [0.1, 0.15) is 0 Å². The first-order valence-electron chi connectivity index (χ1n) is 7.86. The molecule has 116 valence electrons. The quantitative estimate of drug-likeness (QED) is 0.449. The van der Waals surface area contributed by atoms with Gasteiger partial charge in [-0.1, -0.05) is 27.7 Å². The van der Waals surface area contributed by atoms with Gasteiger partial charge in [0.05, 0.1) is 26.4 Å². The summed E-state index contributed by atoms with van der Waals surface area (Å²) < 4.78 is 16.4. The van der Waals surface area contributed by atoms with E-state index in [-0.39, 0.29) is 0 Å². The first-order chi connectivity index (χ1) is 9.13. The van der Waals surface area contributed by atoms with Crippen LogP contribution in [0, 0.1) is 11.8 Å². The fourth-order valence-corrected chi connectivity index (χ4v) is 1.73. The van der Waals surface area contributed by atoms with E-state index in [1.54, 1.807) is 0 Å². The van der Waals surface area contributed by atoms with Crippen molar-refractivity contribution in [1.29, 1.82) is 0 Å². The molecule has 3 nitrogen and oxygen atoms in total. The van der Waals surface area contributed by atoms with Gasteiger partial charge in [0.25, 0.3) is 0 Å². The highest BCUT2D eigenvalue weighted by atomic mass is 16.5. The molecule has 0 unspecified atom stereocenters. The monoisotopic (exact) mass is 274 g/mol. The molecule has 0 spiro atoms. The third kappa shape index (κ3) is 17.9. The second-order valence-corrected chi connectivity index (χ2v) is 5.91. The van der Waals surface area contributed by atoms with Crippen LogP contribution in [0.5, 0.6) is 0 Å². The van der Waals surface area contributed by atoms with E-state index in [1.165, 1.54) is 12.8 Å². The molecule has 0 amide bonds. The van der Waals surface area contributed by atoms with E-state index in [2.05, 4.69) is 27.7 Å². The Labute approximate surface area is 120 Å². The van der Waals surface area contributed by atoms with E-state index in [0.717, 1.165) is 37.9 Å². The third-order valence-corrected chi connectivity index (χ3v) is 2.88. The van der Waals surface area contributed by atoms with Crippen molar-refractivity contribution in [3.05, 3.63) is 0 Å². The van der Waals surface area contributed by atoms with Gasteiger partial charge in [0.15, 0.2) is 0 Å². The van der Waals surface area contributed by atoms with Crippen LogP contribution >= 0.6 is 0 Å². The fourth-order valence-electron chi connectivity index (χ4n) is 1.73. The van der Waals surface area contributed by atoms with Crippen LogP contribution in [-0.2, 0) is 14.2 Å². The number of ether oxygens (including phenoxy) is 3. The zero-order valence-electron chi connectivity index (χ0n) is 13.5. The summed E-state index contributed by atoms with van der Waals surface area (Å²) in [5.74, 6) is 1.54. The van der Waals surface area contributed by atoms with Gasteiger partial charge >= 0.3 is 0 Å². The molecule has 19 heavy (non-hydrogen) atoms. The lowest BCUT2D eigenvalue weighted by atomic mass is 10.1. The predicted octanol–water partition coefficient (Wildman–Crippen LogP) is 3.91. The van der Waals surface area contributed by atoms with Crippen LogP contribution in [0.4, 0.5) is 0 Å². The molecule has 0 N–H and O–H groups in total. The first-order valence-corrected chi connectivity index (χ1v) is 7.86. The lowest BCUT2D eigenvalue weighted by Gasteiger charge is -2.08. The molecule has 0 radical (unpaired) electrons. The highest BCUT2D eigenvalue weighted by Gasteiger charge is 1.96. The summed E-state index contributed by atoms with van der Waals surface area (Å²) in [6.07, 6.45) is 4.78. The molecular weight excluding hydrogens is 240 g/mol. The zero-order chi connectivity index (χ0) is 14.3. The van der Waals surface area contributed by atoms with Crippen LogP contribution in [0.3, 0.4) is 0 Å². The first kappa shape index (κ1) is 18.9. The van der Waals surface area contributed by atoms with Gasteiger partial charge in [0.2, 0.25) is 0 Å². The Morgan fingerprint density at radius 1 is 0.526 bits per heavy atom. The van der Waals surface area contributed by atoms with Crippen molar-refractivity contribution in [2.24, 2.45) is 11.8 Å². The molecule has 0 aliphatic heterocycles. The second kappa shape index (κ2) is 14.3. The molecule has 0 aromatic carbocycles. The molecule has 0 aliphatic carbocycles. The van der Waals surface area contributed by atoms with E-state index >= 15 is 0 Å². The van der Waals surface area contributed by atoms with Gasteiger partial charge in [-0.25, -0.2) is 0 Å². The summed E-state index contributed by atoms with van der Waals surface area (Å²) in [7, 11) is 0. The van der Waals surface area contributed by atoms with Crippen LogP contribution in [0.1, 0.15) is 53.4 Å². The summed E-state index contributed by atoms with van der Waals surface area (Å²) in [4.78, 5) is 0. The van der Waals surface area contributed by atoms with Crippen molar-refractivity contribution < 1.29 is 14.2 Å². The summed E-state index contributed by atoms with van der Waals surface area (Å²) >= 11 is 0. The Bertz CT molecular complexity index is 151. The SMILES string of the molecule is CC(C)CCCOCCOCCOCCCC(C)C. The maximum atomic E-state index is 5.49. The highest BCUT2D eigenvalue weighted by molar-refractivity contribution is 4.45. The predicted molar refractivity (Wildman–Crippen MR) is 80.6 cm³/mol. The van der Waals surface area contributed by atoms with Crippen LogP contribution < -0.4 is 0 Å². The van der Waals surface area contributed by atoms with Gasteiger partial charge < -0.3 is 14.2 Å². The van der Waals surface area contributed by atoms with E-state index in [1.807, 2.05) is 0 Å². The van der Waals surface area contributed by atoms with Crippen LogP contribution in [-0.4, -0.2) is 39.6 Å². The van der Waals surface area contributed by atoms with Crippen molar-refractivity contribution in [3.8, 4) is 0 Å². The van der Waals surface area contributed by atoms with Crippen LogP contribution in [0.2, 0.25) is 0 Å². The maximum Gasteiger partial charge on any atom is 0.0701 e. The Morgan fingerprint density at radius 3 is 1.16 bits per heavy atom. The van der Waals surface area contributed by atoms with Crippen LogP contribution in [0.15, 0.2) is 0 Å². The van der Waals surface area contributed by atoms with Crippen molar-refractivity contribution in [2.45, 2.75) is 53.4 Å². The van der Waals surface area contributed by atoms with E-state index in [9.17, 15) is 0 Å². The van der Waals surface area contributed by atoms with Gasteiger partial charge in [-0.2, -0.15) is 0 Å². The van der Waals surface area contributed by atoms with Crippen molar-refractivity contribution in [2.75, 3.05) is 39.6 Å². The maximum absolute atomic E-state index is 5.49. The largest absolute Gasteiger partial charge is 0.379 e. The molecule has 0 aromatic rings. The smallest absolute Gasteiger partial charge is 0.0701 e. The summed E-state index contributed by atoms with van der Waals surface area (Å²) in [5, 5.41) is 0. The Balaban J connectivity index is 2.95. The molecule has 0 saturated heterocycles. The average Bonchev–Trinajstić information content (AvgIpc) is 2.34. The topological polar surface area (TPSA) is 27.7 Å². The highest BCUT2D eigenvalue weighted by Crippen LogP contribution is 2.03. The lowest BCUT2D eigenvalue weighted by Crippen LogP contribution is -2.10. The average molecular weight is 274 g/mol. The minimum atomic E-state index is 0.678. The molecular formula is C16H34O3. The fraction of sp³-hybridized carbons (Fsp3) is 1.00. The lowest BCUT2D eigenvalue weighted by molar-refractivity contribution is 0.0127. The molecule has 0 rings (SSSR count). The summed E-state index contributed by atoms with van der Waals surface area (Å²) in [6, 6.07) is 0. The minimum Gasteiger partial charge on any atom is -0.379 e. The summed E-state index contributed by atoms with van der Waals surface area (Å²) in [6.45, 7) is 13.4. The zero-order valence-corrected chi connectivity index (χ0v) is 13.5. The Hall–Kier alpha value is -0.120. The Morgan fingerprint density at radius 2 is 0.842 bits per heavy atom. The third-order valence-electron chi connectivity index (χ3n) is 2.88. The molecule has 0 heterocycles. The molecule has 0 bridgehead atoms. The van der Waals surface area contributed by atoms with Gasteiger partial charge in [-0.3, -0.25) is 0 Å². The van der Waals surface area contributed by atoms with E-state index in [0.29, 0.717) is 26.4 Å². The molecule has 0 aromatic heterocycles. The number of hydrogen-bond acceptors (Lipinski definition) is 3. The minimum absolute atomic E-state index is 0.678. The normalized spacial score (nSPS) is 11.7. The van der Waals surface area contributed by atoms with Crippen LogP contribution in [0.25, 0.3) is 0 Å². The molecule has 0 saturated carbocycles. The van der Waals surface area contributed by atoms with Gasteiger partial charge in [-0.05, 0) is 37.5 Å². The molecule has 0 aliphatic rings. The number of rotatable bonds is 14. The standard InChI is InChI=1S/C16H34O3/c1-15(2)7-5-9-17-11-13-19-14-12-18-10-6-8-16(3)4/h15-16H,5-14H2,1-4H3. The van der Waals surface area contributed by atoms with Crippen molar-refractivity contribution in [3.63, 3.8) is 0 Å². The Kier molecular flexibility index (Phi) is 14.2. The van der Waals surface area contributed by atoms with Crippen molar-refractivity contribution >= 4 is 0 Å². The number of hydrogen-bond donors (Lipinski definition) is 0.